The fourth-order valence-corrected chi connectivity index (χ4v) is 5.76. The van der Waals surface area contributed by atoms with Crippen LogP contribution in [0.1, 0.15) is 24.0 Å². The van der Waals surface area contributed by atoms with Crippen molar-refractivity contribution in [3.8, 4) is 16.4 Å². The molecule has 0 unspecified atom stereocenters. The van der Waals surface area contributed by atoms with Crippen LogP contribution in [0.3, 0.4) is 0 Å². The second-order valence-electron chi connectivity index (χ2n) is 8.34. The largest absolute Gasteiger partial charge is 0.397 e. The van der Waals surface area contributed by atoms with Gasteiger partial charge in [-0.15, -0.1) is 21.5 Å². The van der Waals surface area contributed by atoms with Gasteiger partial charge >= 0.3 is 0 Å². The molecule has 176 valence electrons. The zero-order valence-electron chi connectivity index (χ0n) is 19.1. The number of nitrogens with two attached hydrogens (primary N) is 1. The summed E-state index contributed by atoms with van der Waals surface area (Å²) in [6, 6.07) is 10.1. The van der Waals surface area contributed by atoms with E-state index in [-0.39, 0.29) is 17.8 Å². The van der Waals surface area contributed by atoms with Crippen LogP contribution >= 0.6 is 23.1 Å². The van der Waals surface area contributed by atoms with E-state index in [1.54, 1.807) is 6.20 Å². The minimum absolute atomic E-state index is 0.0535. The Balaban J connectivity index is 1.46. The molecule has 3 aromatic heterocycles. The number of amides is 1. The molecular formula is C24H26N6O2S2. The van der Waals surface area contributed by atoms with Crippen molar-refractivity contribution < 1.29 is 9.53 Å². The van der Waals surface area contributed by atoms with Crippen LogP contribution in [0.2, 0.25) is 0 Å². The first-order valence-corrected chi connectivity index (χ1v) is 13.0. The number of hydrogen-bond donors (Lipinski definition) is 2. The lowest BCUT2D eigenvalue weighted by molar-refractivity contribution is -0.119. The Labute approximate surface area is 205 Å². The van der Waals surface area contributed by atoms with Gasteiger partial charge in [0.05, 0.1) is 28.1 Å². The summed E-state index contributed by atoms with van der Waals surface area (Å²) >= 11 is 2.85. The van der Waals surface area contributed by atoms with E-state index >= 15 is 0 Å². The molecule has 1 fully saturated rings. The van der Waals surface area contributed by atoms with Crippen LogP contribution < -0.4 is 11.1 Å². The normalized spacial score (nSPS) is 15.8. The van der Waals surface area contributed by atoms with Crippen molar-refractivity contribution in [2.24, 2.45) is 0 Å². The molecule has 5 rings (SSSR count). The number of aromatic nitrogens is 4. The Morgan fingerprint density at radius 2 is 2.18 bits per heavy atom. The molecule has 4 heterocycles. The van der Waals surface area contributed by atoms with Crippen molar-refractivity contribution in [3.63, 3.8) is 0 Å². The van der Waals surface area contributed by atoms with Crippen LogP contribution in [0, 0.1) is 13.8 Å². The highest BCUT2D eigenvalue weighted by atomic mass is 32.2. The standard InChI is InChI=1S/C24H26N6O2S2/c1-14-7-8-16(11-15(14)2)30-22(21-20(25)18-6-3-9-26-23(18)34-21)28-29-24(30)33-13-19(31)27-12-17-5-4-10-32-17/h3,6-9,11,17H,4-5,10,12-13,25H2,1-2H3,(H,27,31)/t17-/m1/s1. The molecule has 1 atom stereocenters. The van der Waals surface area contributed by atoms with E-state index in [1.165, 1.54) is 28.7 Å². The van der Waals surface area contributed by atoms with E-state index in [4.69, 9.17) is 10.5 Å². The number of hydrogen-bond acceptors (Lipinski definition) is 8. The predicted molar refractivity (Wildman–Crippen MR) is 137 cm³/mol. The molecule has 8 nitrogen and oxygen atoms in total. The minimum atomic E-state index is -0.0535. The van der Waals surface area contributed by atoms with Crippen molar-refractivity contribution in [3.05, 3.63) is 47.7 Å². The molecule has 1 aliphatic rings. The van der Waals surface area contributed by atoms with E-state index in [1.807, 2.05) is 22.8 Å². The maximum absolute atomic E-state index is 12.5. The fourth-order valence-electron chi connectivity index (χ4n) is 3.94. The summed E-state index contributed by atoms with van der Waals surface area (Å²) in [5.74, 6) is 0.826. The highest BCUT2D eigenvalue weighted by Crippen LogP contribution is 2.40. The Morgan fingerprint density at radius 3 is 2.94 bits per heavy atom. The maximum Gasteiger partial charge on any atom is 0.230 e. The van der Waals surface area contributed by atoms with Gasteiger partial charge in [-0.05, 0) is 62.1 Å². The Kier molecular flexibility index (Phi) is 6.53. The number of pyridine rings is 1. The lowest BCUT2D eigenvalue weighted by Crippen LogP contribution is -2.32. The molecule has 1 amide bonds. The molecule has 0 radical (unpaired) electrons. The summed E-state index contributed by atoms with van der Waals surface area (Å²) < 4.78 is 7.57. The predicted octanol–water partition coefficient (Wildman–Crippen LogP) is 4.13. The Bertz CT molecular complexity index is 1340. The summed E-state index contributed by atoms with van der Waals surface area (Å²) in [4.78, 5) is 18.6. The summed E-state index contributed by atoms with van der Waals surface area (Å²) in [5, 5.41) is 13.4. The third-order valence-corrected chi connectivity index (χ3v) is 8.03. The molecule has 1 aliphatic heterocycles. The van der Waals surface area contributed by atoms with Crippen LogP contribution in [0.15, 0.2) is 41.7 Å². The molecule has 4 aromatic rings. The SMILES string of the molecule is Cc1ccc(-n2c(SCC(=O)NC[C@H]3CCCO3)nnc2-c2sc3ncccc3c2N)cc1C. The molecule has 1 aromatic carbocycles. The molecule has 0 bridgehead atoms. The fraction of sp³-hybridized carbons (Fsp3) is 0.333. The van der Waals surface area contributed by atoms with Gasteiger partial charge in [-0.1, -0.05) is 17.8 Å². The van der Waals surface area contributed by atoms with Gasteiger partial charge in [0.2, 0.25) is 5.91 Å². The number of carbonyl (C=O) groups excluding carboxylic acids is 1. The number of benzene rings is 1. The van der Waals surface area contributed by atoms with Gasteiger partial charge in [0, 0.05) is 24.7 Å². The first-order valence-electron chi connectivity index (χ1n) is 11.2. The minimum Gasteiger partial charge on any atom is -0.397 e. The number of ether oxygens (including phenoxy) is 1. The van der Waals surface area contributed by atoms with Crippen LogP contribution in [-0.4, -0.2) is 50.7 Å². The molecule has 34 heavy (non-hydrogen) atoms. The third kappa shape index (κ3) is 4.53. The summed E-state index contributed by atoms with van der Waals surface area (Å²) in [7, 11) is 0. The number of aryl methyl sites for hydroxylation is 2. The monoisotopic (exact) mass is 494 g/mol. The third-order valence-electron chi connectivity index (χ3n) is 5.97. The number of nitrogen functional groups attached to an aromatic ring is 1. The maximum atomic E-state index is 12.5. The second kappa shape index (κ2) is 9.73. The lowest BCUT2D eigenvalue weighted by Gasteiger charge is -2.13. The number of carbonyl (C=O) groups is 1. The van der Waals surface area contributed by atoms with Gasteiger partial charge < -0.3 is 15.8 Å². The highest BCUT2D eigenvalue weighted by molar-refractivity contribution is 7.99. The first kappa shape index (κ1) is 22.8. The molecule has 1 saturated heterocycles. The molecule has 3 N–H and O–H groups in total. The number of fused-ring (bicyclic) bond motifs is 1. The number of thiophene rings is 1. The molecule has 0 saturated carbocycles. The van der Waals surface area contributed by atoms with Gasteiger partial charge in [-0.3, -0.25) is 9.36 Å². The zero-order valence-corrected chi connectivity index (χ0v) is 20.7. The van der Waals surface area contributed by atoms with Crippen LogP contribution in [0.25, 0.3) is 26.6 Å². The summed E-state index contributed by atoms with van der Waals surface area (Å²) in [5.41, 5.74) is 10.4. The molecular weight excluding hydrogens is 468 g/mol. The molecule has 0 spiro atoms. The number of nitrogens with one attached hydrogen (secondary N) is 1. The summed E-state index contributed by atoms with van der Waals surface area (Å²) in [6.45, 7) is 5.47. The van der Waals surface area contributed by atoms with Gasteiger partial charge in [-0.2, -0.15) is 0 Å². The second-order valence-corrected chi connectivity index (χ2v) is 10.3. The number of rotatable bonds is 7. The highest BCUT2D eigenvalue weighted by Gasteiger charge is 2.23. The van der Waals surface area contributed by atoms with Gasteiger partial charge in [0.25, 0.3) is 0 Å². The van der Waals surface area contributed by atoms with E-state index in [9.17, 15) is 4.79 Å². The number of anilines is 1. The van der Waals surface area contributed by atoms with Crippen molar-refractivity contribution >= 4 is 44.9 Å². The lowest BCUT2D eigenvalue weighted by atomic mass is 10.1. The van der Waals surface area contributed by atoms with Crippen molar-refractivity contribution in [1.29, 1.82) is 0 Å². The van der Waals surface area contributed by atoms with Crippen LogP contribution in [0.5, 0.6) is 0 Å². The van der Waals surface area contributed by atoms with Crippen LogP contribution in [-0.2, 0) is 9.53 Å². The average Bonchev–Trinajstić information content (AvgIpc) is 3.57. The van der Waals surface area contributed by atoms with Gasteiger partial charge in [-0.25, -0.2) is 4.98 Å². The number of thioether (sulfide) groups is 1. The van der Waals surface area contributed by atoms with E-state index in [0.29, 0.717) is 23.2 Å². The Hall–Kier alpha value is -2.95. The quantitative estimate of drug-likeness (QED) is 0.372. The topological polar surface area (TPSA) is 108 Å². The van der Waals surface area contributed by atoms with E-state index in [2.05, 4.69) is 46.5 Å². The van der Waals surface area contributed by atoms with E-state index in [0.717, 1.165) is 45.8 Å². The van der Waals surface area contributed by atoms with Gasteiger partial charge in [0.1, 0.15) is 4.83 Å². The zero-order chi connectivity index (χ0) is 23.7. The first-order chi connectivity index (χ1) is 16.5. The van der Waals surface area contributed by atoms with Crippen molar-refractivity contribution in [1.82, 2.24) is 25.1 Å². The molecule has 10 heteroatoms. The summed E-state index contributed by atoms with van der Waals surface area (Å²) in [6.07, 6.45) is 3.91. The van der Waals surface area contributed by atoms with Crippen molar-refractivity contribution in [2.45, 2.75) is 37.9 Å². The number of nitrogens with zero attached hydrogens (tertiary/aromatic N) is 4. The Morgan fingerprint density at radius 1 is 1.29 bits per heavy atom. The average molecular weight is 495 g/mol. The van der Waals surface area contributed by atoms with Gasteiger partial charge in [0.15, 0.2) is 11.0 Å². The van der Waals surface area contributed by atoms with E-state index < -0.39 is 0 Å². The smallest absolute Gasteiger partial charge is 0.230 e. The van der Waals surface area contributed by atoms with Crippen LogP contribution in [0.4, 0.5) is 5.69 Å². The van der Waals surface area contributed by atoms with Crippen molar-refractivity contribution in [2.75, 3.05) is 24.6 Å². The molecule has 0 aliphatic carbocycles.